The molecule has 0 unspecified atom stereocenters. The lowest BCUT2D eigenvalue weighted by Crippen LogP contribution is -2.13. The van der Waals surface area contributed by atoms with Gasteiger partial charge in [0.2, 0.25) is 0 Å². The number of amides is 1. The summed E-state index contributed by atoms with van der Waals surface area (Å²) in [6, 6.07) is 13.9. The number of carbonyl (C=O) groups is 1. The lowest BCUT2D eigenvalue weighted by atomic mass is 10.1. The minimum absolute atomic E-state index is 0.0540. The van der Waals surface area contributed by atoms with E-state index in [1.165, 1.54) is 30.3 Å². The molecule has 0 atom stereocenters. The Morgan fingerprint density at radius 2 is 1.76 bits per heavy atom. The van der Waals surface area contributed by atoms with Crippen molar-refractivity contribution in [1.29, 1.82) is 5.26 Å². The Balaban J connectivity index is 2.17. The maximum absolute atomic E-state index is 12.8. The van der Waals surface area contributed by atoms with Crippen molar-refractivity contribution in [3.63, 3.8) is 0 Å². The topological polar surface area (TPSA) is 52.9 Å². The van der Waals surface area contributed by atoms with Gasteiger partial charge in [0.25, 0.3) is 5.91 Å². The maximum Gasteiger partial charge on any atom is 0.266 e. The summed E-state index contributed by atoms with van der Waals surface area (Å²) < 4.78 is 12.8. The third-order valence-corrected chi connectivity index (χ3v) is 2.90. The molecule has 3 nitrogen and oxygen atoms in total. The number of nitrogens with one attached hydrogen (secondary N) is 1. The molecule has 0 aliphatic carbocycles. The number of carbonyl (C=O) groups excluding carboxylic acids is 1. The van der Waals surface area contributed by atoms with Gasteiger partial charge in [-0.15, -0.1) is 0 Å². The molecular formula is C16H10ClFN2O. The van der Waals surface area contributed by atoms with Crippen molar-refractivity contribution in [2.45, 2.75) is 0 Å². The van der Waals surface area contributed by atoms with Crippen LogP contribution in [0.3, 0.4) is 0 Å². The molecule has 0 bridgehead atoms. The number of halogens is 2. The predicted molar refractivity (Wildman–Crippen MR) is 80.1 cm³/mol. The Hall–Kier alpha value is -2.64. The molecule has 0 saturated carbocycles. The molecular weight excluding hydrogens is 291 g/mol. The first kappa shape index (κ1) is 14.8. The van der Waals surface area contributed by atoms with Crippen molar-refractivity contribution >= 4 is 29.3 Å². The first-order valence-corrected chi connectivity index (χ1v) is 6.40. The van der Waals surface area contributed by atoms with Crippen molar-refractivity contribution in [2.75, 3.05) is 5.32 Å². The minimum atomic E-state index is -0.556. The molecule has 1 amide bonds. The molecule has 21 heavy (non-hydrogen) atoms. The van der Waals surface area contributed by atoms with Crippen molar-refractivity contribution in [3.8, 4) is 6.07 Å². The van der Waals surface area contributed by atoms with Crippen LogP contribution in [-0.2, 0) is 4.79 Å². The van der Waals surface area contributed by atoms with Crippen LogP contribution in [0.5, 0.6) is 0 Å². The van der Waals surface area contributed by atoms with Gasteiger partial charge in [-0.05, 0) is 48.0 Å². The lowest BCUT2D eigenvalue weighted by Gasteiger charge is -2.04. The average molecular weight is 301 g/mol. The number of hydrogen-bond donors (Lipinski definition) is 1. The molecule has 104 valence electrons. The van der Waals surface area contributed by atoms with Gasteiger partial charge in [0.15, 0.2) is 0 Å². The fourth-order valence-corrected chi connectivity index (χ4v) is 1.73. The lowest BCUT2D eigenvalue weighted by molar-refractivity contribution is -0.112. The molecule has 0 heterocycles. The van der Waals surface area contributed by atoms with Gasteiger partial charge in [0.05, 0.1) is 0 Å². The molecule has 2 aromatic carbocycles. The second-order valence-electron chi connectivity index (χ2n) is 4.18. The molecule has 2 aromatic rings. The maximum atomic E-state index is 12.8. The molecule has 0 aromatic heterocycles. The second-order valence-corrected chi connectivity index (χ2v) is 4.62. The van der Waals surface area contributed by atoms with Crippen LogP contribution in [0.15, 0.2) is 54.1 Å². The van der Waals surface area contributed by atoms with E-state index in [4.69, 9.17) is 16.9 Å². The Morgan fingerprint density at radius 1 is 1.14 bits per heavy atom. The molecule has 0 saturated heterocycles. The Labute approximate surface area is 126 Å². The largest absolute Gasteiger partial charge is 0.321 e. The fraction of sp³-hybridized carbons (Fsp3) is 0. The van der Waals surface area contributed by atoms with E-state index in [-0.39, 0.29) is 5.57 Å². The van der Waals surface area contributed by atoms with Crippen LogP contribution in [0.25, 0.3) is 6.08 Å². The van der Waals surface area contributed by atoms with Gasteiger partial charge in [-0.2, -0.15) is 5.26 Å². The smallest absolute Gasteiger partial charge is 0.266 e. The van der Waals surface area contributed by atoms with E-state index in [2.05, 4.69) is 5.32 Å². The van der Waals surface area contributed by atoms with Gasteiger partial charge >= 0.3 is 0 Å². The summed E-state index contributed by atoms with van der Waals surface area (Å²) >= 11 is 5.77. The fourth-order valence-electron chi connectivity index (χ4n) is 1.61. The highest BCUT2D eigenvalue weighted by Crippen LogP contribution is 2.14. The summed E-state index contributed by atoms with van der Waals surface area (Å²) in [4.78, 5) is 12.0. The van der Waals surface area contributed by atoms with Crippen LogP contribution in [0.1, 0.15) is 5.56 Å². The van der Waals surface area contributed by atoms with Crippen molar-refractivity contribution in [2.24, 2.45) is 0 Å². The highest BCUT2D eigenvalue weighted by molar-refractivity contribution is 6.30. The second kappa shape index (κ2) is 6.69. The molecule has 1 N–H and O–H groups in total. The van der Waals surface area contributed by atoms with E-state index in [0.717, 1.165) is 0 Å². The van der Waals surface area contributed by atoms with Crippen LogP contribution in [-0.4, -0.2) is 5.91 Å². The summed E-state index contributed by atoms with van der Waals surface area (Å²) in [5, 5.41) is 12.2. The van der Waals surface area contributed by atoms with Gasteiger partial charge < -0.3 is 5.32 Å². The zero-order chi connectivity index (χ0) is 15.2. The van der Waals surface area contributed by atoms with Crippen molar-refractivity contribution in [1.82, 2.24) is 0 Å². The Morgan fingerprint density at radius 3 is 2.33 bits per heavy atom. The third kappa shape index (κ3) is 4.16. The standard InChI is InChI=1S/C16H10ClFN2O/c17-13-3-1-11(2-4-13)9-12(10-19)16(21)20-15-7-5-14(18)6-8-15/h1-9H,(H,20,21)/b12-9+. The molecule has 0 fully saturated rings. The zero-order valence-electron chi connectivity index (χ0n) is 10.8. The van der Waals surface area contributed by atoms with E-state index in [0.29, 0.717) is 16.3 Å². The van der Waals surface area contributed by atoms with E-state index in [1.807, 2.05) is 6.07 Å². The predicted octanol–water partition coefficient (Wildman–Crippen LogP) is 4.02. The number of nitriles is 1. The Kier molecular flexibility index (Phi) is 4.70. The van der Waals surface area contributed by atoms with Crippen LogP contribution >= 0.6 is 11.6 Å². The van der Waals surface area contributed by atoms with Gasteiger partial charge in [0, 0.05) is 10.7 Å². The Bertz CT molecular complexity index is 715. The minimum Gasteiger partial charge on any atom is -0.321 e. The molecule has 0 aliphatic heterocycles. The molecule has 5 heteroatoms. The molecule has 0 aliphatic rings. The number of rotatable bonds is 3. The summed E-state index contributed by atoms with van der Waals surface area (Å²) in [7, 11) is 0. The summed E-state index contributed by atoms with van der Waals surface area (Å²) in [6.07, 6.45) is 1.45. The third-order valence-electron chi connectivity index (χ3n) is 2.65. The number of hydrogen-bond acceptors (Lipinski definition) is 2. The summed E-state index contributed by atoms with van der Waals surface area (Å²) in [5.41, 5.74) is 1.05. The number of nitrogens with zero attached hydrogens (tertiary/aromatic N) is 1. The van der Waals surface area contributed by atoms with E-state index in [9.17, 15) is 9.18 Å². The van der Waals surface area contributed by atoms with E-state index < -0.39 is 11.7 Å². The van der Waals surface area contributed by atoms with Crippen LogP contribution in [0.4, 0.5) is 10.1 Å². The summed E-state index contributed by atoms with van der Waals surface area (Å²) in [5.74, 6) is -0.954. The normalized spacial score (nSPS) is 10.8. The highest BCUT2D eigenvalue weighted by atomic mass is 35.5. The number of benzene rings is 2. The van der Waals surface area contributed by atoms with Gasteiger partial charge in [0.1, 0.15) is 17.5 Å². The SMILES string of the molecule is N#C/C(=C\c1ccc(Cl)cc1)C(=O)Nc1ccc(F)cc1. The van der Waals surface area contributed by atoms with Crippen molar-refractivity contribution < 1.29 is 9.18 Å². The molecule has 2 rings (SSSR count). The first-order valence-electron chi connectivity index (χ1n) is 6.03. The van der Waals surface area contributed by atoms with E-state index >= 15 is 0 Å². The molecule has 0 radical (unpaired) electrons. The van der Waals surface area contributed by atoms with Gasteiger partial charge in [-0.25, -0.2) is 4.39 Å². The molecule has 0 spiro atoms. The summed E-state index contributed by atoms with van der Waals surface area (Å²) in [6.45, 7) is 0. The zero-order valence-corrected chi connectivity index (χ0v) is 11.6. The quantitative estimate of drug-likeness (QED) is 0.687. The van der Waals surface area contributed by atoms with E-state index in [1.54, 1.807) is 24.3 Å². The van der Waals surface area contributed by atoms with Crippen LogP contribution in [0, 0.1) is 17.1 Å². The highest BCUT2D eigenvalue weighted by Gasteiger charge is 2.09. The van der Waals surface area contributed by atoms with Crippen LogP contribution < -0.4 is 5.32 Å². The van der Waals surface area contributed by atoms with Crippen molar-refractivity contribution in [3.05, 3.63) is 70.5 Å². The average Bonchev–Trinajstić information content (AvgIpc) is 2.49. The first-order chi connectivity index (χ1) is 10.1. The van der Waals surface area contributed by atoms with Crippen LogP contribution in [0.2, 0.25) is 5.02 Å². The number of anilines is 1. The monoisotopic (exact) mass is 300 g/mol. The van der Waals surface area contributed by atoms with Gasteiger partial charge in [-0.3, -0.25) is 4.79 Å². The van der Waals surface area contributed by atoms with Gasteiger partial charge in [-0.1, -0.05) is 23.7 Å².